The van der Waals surface area contributed by atoms with Crippen molar-refractivity contribution in [3.05, 3.63) is 52.3 Å². The molecule has 0 spiro atoms. The van der Waals surface area contributed by atoms with E-state index in [2.05, 4.69) is 31.0 Å². The number of benzene rings is 2. The Morgan fingerprint density at radius 2 is 2.08 bits per heavy atom. The molecule has 2 N–H and O–H groups in total. The van der Waals surface area contributed by atoms with E-state index in [1.165, 1.54) is 18.2 Å². The fourth-order valence-corrected chi connectivity index (χ4v) is 4.59. The maximum atomic E-state index is 13.7. The quantitative estimate of drug-likeness (QED) is 0.732. The van der Waals surface area contributed by atoms with Gasteiger partial charge in [-0.05, 0) is 42.8 Å². The highest BCUT2D eigenvalue weighted by Crippen LogP contribution is 2.30. The van der Waals surface area contributed by atoms with E-state index in [1.807, 2.05) is 6.92 Å². The molecule has 2 aromatic rings. The summed E-state index contributed by atoms with van der Waals surface area (Å²) >= 11 is 4.06. The molecule has 10 heteroatoms. The van der Waals surface area contributed by atoms with Gasteiger partial charge in [0.05, 0.1) is 17.1 Å². The number of fused-ring (bicyclic) bond motifs is 1. The number of nitrogens with one attached hydrogen (secondary N) is 2. The molecule has 0 fully saturated rings. The van der Waals surface area contributed by atoms with Crippen molar-refractivity contribution < 1.29 is 17.6 Å². The number of anilines is 2. The van der Waals surface area contributed by atoms with Crippen molar-refractivity contribution in [2.24, 2.45) is 4.40 Å². The number of carbonyl (C=O) groups excluding carboxylic acids is 1. The standard InChI is InChI=1S/C16H13BrFN3O3S2/c1-9-2-5-14-13(6-9)20-16(21-26(14,23)24)25-8-15(22)19-12-4-3-10(17)7-11(12)18/h2-7H,8H2,1H3,(H,19,22)(H,20,21). The van der Waals surface area contributed by atoms with Gasteiger partial charge in [-0.1, -0.05) is 33.8 Å². The smallest absolute Gasteiger partial charge is 0.286 e. The fraction of sp³-hybridized carbons (Fsp3) is 0.125. The molecule has 26 heavy (non-hydrogen) atoms. The molecule has 0 aliphatic carbocycles. The minimum Gasteiger partial charge on any atom is -0.333 e. The average molecular weight is 458 g/mol. The van der Waals surface area contributed by atoms with Crippen LogP contribution in [0.15, 0.2) is 50.2 Å². The van der Waals surface area contributed by atoms with Gasteiger partial charge in [-0.25, -0.2) is 4.39 Å². The van der Waals surface area contributed by atoms with Crippen molar-refractivity contribution >= 4 is 60.2 Å². The van der Waals surface area contributed by atoms with E-state index in [0.717, 1.165) is 17.3 Å². The largest absolute Gasteiger partial charge is 0.333 e. The number of sulfonamides is 1. The van der Waals surface area contributed by atoms with E-state index in [9.17, 15) is 17.6 Å². The topological polar surface area (TPSA) is 87.6 Å². The van der Waals surface area contributed by atoms with E-state index < -0.39 is 21.7 Å². The second kappa shape index (κ2) is 7.37. The van der Waals surface area contributed by atoms with Crippen LogP contribution in [0.4, 0.5) is 15.8 Å². The molecule has 6 nitrogen and oxygen atoms in total. The van der Waals surface area contributed by atoms with E-state index in [0.29, 0.717) is 10.2 Å². The van der Waals surface area contributed by atoms with Crippen LogP contribution in [0.25, 0.3) is 0 Å². The minimum atomic E-state index is -3.82. The van der Waals surface area contributed by atoms with Gasteiger partial charge in [0, 0.05) is 4.47 Å². The summed E-state index contributed by atoms with van der Waals surface area (Å²) in [5.41, 5.74) is 1.36. The van der Waals surface area contributed by atoms with Crippen molar-refractivity contribution in [2.75, 3.05) is 16.4 Å². The van der Waals surface area contributed by atoms with Crippen LogP contribution in [0.3, 0.4) is 0 Å². The Hall–Kier alpha value is -1.91. The number of amides is 1. The summed E-state index contributed by atoms with van der Waals surface area (Å²) in [5, 5.41) is 5.44. The minimum absolute atomic E-state index is 0.0472. The number of rotatable bonds is 3. The zero-order valence-corrected chi connectivity index (χ0v) is 16.6. The van der Waals surface area contributed by atoms with Crippen LogP contribution in [0, 0.1) is 12.7 Å². The Morgan fingerprint density at radius 3 is 2.81 bits per heavy atom. The van der Waals surface area contributed by atoms with Gasteiger partial charge in [-0.2, -0.15) is 8.42 Å². The Balaban J connectivity index is 1.68. The molecule has 3 rings (SSSR count). The van der Waals surface area contributed by atoms with E-state index in [-0.39, 0.29) is 21.5 Å². The van der Waals surface area contributed by atoms with E-state index in [1.54, 1.807) is 18.2 Å². The molecule has 0 aromatic heterocycles. The van der Waals surface area contributed by atoms with Crippen molar-refractivity contribution in [1.29, 1.82) is 0 Å². The lowest BCUT2D eigenvalue weighted by molar-refractivity contribution is -0.113. The van der Waals surface area contributed by atoms with Gasteiger partial charge in [0.25, 0.3) is 10.0 Å². The van der Waals surface area contributed by atoms with Gasteiger partial charge in [-0.15, -0.1) is 4.40 Å². The van der Waals surface area contributed by atoms with Gasteiger partial charge in [0.1, 0.15) is 10.7 Å². The van der Waals surface area contributed by atoms with Gasteiger partial charge >= 0.3 is 0 Å². The van der Waals surface area contributed by atoms with Crippen LogP contribution in [0.5, 0.6) is 0 Å². The molecule has 0 radical (unpaired) electrons. The first-order chi connectivity index (χ1) is 12.2. The fourth-order valence-electron chi connectivity index (χ4n) is 2.24. The summed E-state index contributed by atoms with van der Waals surface area (Å²) in [4.78, 5) is 12.1. The molecule has 0 saturated carbocycles. The number of hydrogen-bond acceptors (Lipinski definition) is 5. The number of amidine groups is 1. The number of halogens is 2. The molecule has 2 aromatic carbocycles. The third-order valence-electron chi connectivity index (χ3n) is 3.40. The third-order valence-corrected chi connectivity index (χ3v) is 6.22. The van der Waals surface area contributed by atoms with Crippen LogP contribution in [0.1, 0.15) is 5.56 Å². The van der Waals surface area contributed by atoms with Crippen molar-refractivity contribution in [1.82, 2.24) is 0 Å². The third kappa shape index (κ3) is 4.25. The SMILES string of the molecule is Cc1ccc2c(c1)NC(SCC(=O)Nc1ccc(Br)cc1F)=NS2(=O)=O. The maximum Gasteiger partial charge on any atom is 0.286 e. The summed E-state index contributed by atoms with van der Waals surface area (Å²) in [7, 11) is -3.82. The Labute approximate surface area is 162 Å². The molecule has 136 valence electrons. The monoisotopic (exact) mass is 457 g/mol. The van der Waals surface area contributed by atoms with Gasteiger partial charge < -0.3 is 10.6 Å². The summed E-state index contributed by atoms with van der Waals surface area (Å²) in [6, 6.07) is 9.14. The molecule has 1 heterocycles. The predicted molar refractivity (Wildman–Crippen MR) is 105 cm³/mol. The van der Waals surface area contributed by atoms with Crippen LogP contribution in [0.2, 0.25) is 0 Å². The highest BCUT2D eigenvalue weighted by molar-refractivity contribution is 9.10. The van der Waals surface area contributed by atoms with Crippen LogP contribution >= 0.6 is 27.7 Å². The Kier molecular flexibility index (Phi) is 5.35. The lowest BCUT2D eigenvalue weighted by Gasteiger charge is -2.18. The highest BCUT2D eigenvalue weighted by atomic mass is 79.9. The summed E-state index contributed by atoms with van der Waals surface area (Å²) in [6.07, 6.45) is 0. The molecule has 1 amide bonds. The Morgan fingerprint density at radius 1 is 1.31 bits per heavy atom. The van der Waals surface area contributed by atoms with Crippen molar-refractivity contribution in [2.45, 2.75) is 11.8 Å². The first kappa shape index (κ1) is 18.9. The molecule has 0 atom stereocenters. The normalized spacial score (nSPS) is 14.8. The first-order valence-corrected chi connectivity index (χ1v) is 10.6. The molecule has 1 aliphatic heterocycles. The van der Waals surface area contributed by atoms with Gasteiger partial charge in [0.2, 0.25) is 5.91 Å². The van der Waals surface area contributed by atoms with Crippen molar-refractivity contribution in [3.63, 3.8) is 0 Å². The molecule has 0 saturated heterocycles. The zero-order chi connectivity index (χ0) is 18.9. The van der Waals surface area contributed by atoms with Crippen molar-refractivity contribution in [3.8, 4) is 0 Å². The van der Waals surface area contributed by atoms with Crippen LogP contribution < -0.4 is 10.6 Å². The summed E-state index contributed by atoms with van der Waals surface area (Å²) < 4.78 is 42.4. The van der Waals surface area contributed by atoms with Crippen LogP contribution in [-0.2, 0) is 14.8 Å². The molecular formula is C16H13BrFN3O3S2. The molecular weight excluding hydrogens is 445 g/mol. The maximum absolute atomic E-state index is 13.7. The van der Waals surface area contributed by atoms with E-state index >= 15 is 0 Å². The first-order valence-electron chi connectivity index (χ1n) is 7.35. The number of hydrogen-bond donors (Lipinski definition) is 2. The second-order valence-corrected chi connectivity index (χ2v) is 8.91. The number of carbonyl (C=O) groups is 1. The Bertz CT molecular complexity index is 1030. The lowest BCUT2D eigenvalue weighted by atomic mass is 10.2. The number of thioether (sulfide) groups is 1. The summed E-state index contributed by atoms with van der Waals surface area (Å²) in [6.45, 7) is 1.84. The average Bonchev–Trinajstić information content (AvgIpc) is 2.54. The predicted octanol–water partition coefficient (Wildman–Crippen LogP) is 3.74. The zero-order valence-electron chi connectivity index (χ0n) is 13.4. The molecule has 0 bridgehead atoms. The summed E-state index contributed by atoms with van der Waals surface area (Å²) in [5.74, 6) is -1.18. The molecule has 1 aliphatic rings. The second-order valence-electron chi connectivity index (χ2n) is 5.46. The molecule has 0 unspecified atom stereocenters. The van der Waals surface area contributed by atoms with Gasteiger partial charge in [-0.3, -0.25) is 4.79 Å². The number of aryl methyl sites for hydroxylation is 1. The highest BCUT2D eigenvalue weighted by Gasteiger charge is 2.25. The van der Waals surface area contributed by atoms with Gasteiger partial charge in [0.15, 0.2) is 5.17 Å². The van der Waals surface area contributed by atoms with E-state index in [4.69, 9.17) is 0 Å². The number of nitrogens with zero attached hydrogens (tertiary/aromatic N) is 1. The van der Waals surface area contributed by atoms with Crippen LogP contribution in [-0.4, -0.2) is 25.2 Å². The lowest BCUT2D eigenvalue weighted by Crippen LogP contribution is -2.22.